The van der Waals surface area contributed by atoms with E-state index in [1.54, 1.807) is 0 Å². The van der Waals surface area contributed by atoms with E-state index in [1.807, 2.05) is 18.2 Å². The fourth-order valence-corrected chi connectivity index (χ4v) is 5.02. The number of likely N-dealkylation sites (tertiary alicyclic amines) is 2. The highest BCUT2D eigenvalue weighted by atomic mass is 16.6. The standard InChI is InChI=1S/C25H37N3O4/c1-18(2)24(20-6-7-21-22(16-20)32-15-14-31-21)26-23(29)17-27-12-8-19(9-13-27)25(30)28-10-4-3-5-11-28/h6-7,16,18-19,24H,3-5,8-15,17H2,1-2H3,(H,26,29)/t24-/m0/s1. The SMILES string of the molecule is CC(C)[C@H](NC(=O)CN1CCC(C(=O)N2CCCCC2)CC1)c1ccc2c(c1)OCCO2. The Morgan fingerprint density at radius 1 is 1.00 bits per heavy atom. The predicted octanol–water partition coefficient (Wildman–Crippen LogP) is 3.00. The second-order valence-electron chi connectivity index (χ2n) is 9.63. The summed E-state index contributed by atoms with van der Waals surface area (Å²) in [7, 11) is 0. The molecule has 0 aromatic heterocycles. The summed E-state index contributed by atoms with van der Waals surface area (Å²) in [6.07, 6.45) is 5.19. The molecule has 1 atom stereocenters. The van der Waals surface area contributed by atoms with Crippen molar-refractivity contribution in [3.05, 3.63) is 23.8 Å². The highest BCUT2D eigenvalue weighted by Crippen LogP contribution is 2.34. The number of carbonyl (C=O) groups excluding carboxylic acids is 2. The average molecular weight is 444 g/mol. The van der Waals surface area contributed by atoms with Gasteiger partial charge in [0.25, 0.3) is 0 Å². The zero-order valence-electron chi connectivity index (χ0n) is 19.5. The number of piperidine rings is 2. The van der Waals surface area contributed by atoms with Crippen molar-refractivity contribution in [3.63, 3.8) is 0 Å². The van der Waals surface area contributed by atoms with Crippen LogP contribution in [-0.2, 0) is 9.59 Å². The Bertz CT molecular complexity index is 798. The lowest BCUT2D eigenvalue weighted by molar-refractivity contribution is -0.138. The molecule has 0 unspecified atom stereocenters. The maximum Gasteiger partial charge on any atom is 0.234 e. The maximum absolute atomic E-state index is 12.9. The first-order valence-corrected chi connectivity index (χ1v) is 12.2. The van der Waals surface area contributed by atoms with Gasteiger partial charge in [-0.2, -0.15) is 0 Å². The van der Waals surface area contributed by atoms with Crippen molar-refractivity contribution >= 4 is 11.8 Å². The van der Waals surface area contributed by atoms with Crippen molar-refractivity contribution in [1.82, 2.24) is 15.1 Å². The van der Waals surface area contributed by atoms with Crippen molar-refractivity contribution in [1.29, 1.82) is 0 Å². The van der Waals surface area contributed by atoms with Crippen LogP contribution in [0, 0.1) is 11.8 Å². The van der Waals surface area contributed by atoms with Crippen molar-refractivity contribution in [2.24, 2.45) is 11.8 Å². The van der Waals surface area contributed by atoms with Crippen LogP contribution in [0.25, 0.3) is 0 Å². The lowest BCUT2D eigenvalue weighted by Crippen LogP contribution is -2.47. The van der Waals surface area contributed by atoms with Gasteiger partial charge in [-0.3, -0.25) is 14.5 Å². The van der Waals surface area contributed by atoms with Crippen molar-refractivity contribution in [3.8, 4) is 11.5 Å². The number of nitrogens with zero attached hydrogens (tertiary/aromatic N) is 2. The maximum atomic E-state index is 12.9. The van der Waals surface area contributed by atoms with Gasteiger partial charge in [-0.25, -0.2) is 0 Å². The molecule has 2 amide bonds. The van der Waals surface area contributed by atoms with E-state index in [-0.39, 0.29) is 23.8 Å². The van der Waals surface area contributed by atoms with Gasteiger partial charge in [-0.05, 0) is 68.8 Å². The van der Waals surface area contributed by atoms with Gasteiger partial charge in [0.15, 0.2) is 11.5 Å². The lowest BCUT2D eigenvalue weighted by atomic mass is 9.94. The fraction of sp³-hybridized carbons (Fsp3) is 0.680. The first-order chi connectivity index (χ1) is 15.5. The number of amides is 2. The van der Waals surface area contributed by atoms with Gasteiger partial charge < -0.3 is 19.7 Å². The van der Waals surface area contributed by atoms with Gasteiger partial charge in [-0.15, -0.1) is 0 Å². The number of carbonyl (C=O) groups is 2. The van der Waals surface area contributed by atoms with Crippen LogP contribution < -0.4 is 14.8 Å². The van der Waals surface area contributed by atoms with E-state index in [2.05, 4.69) is 29.0 Å². The van der Waals surface area contributed by atoms with Crippen LogP contribution in [-0.4, -0.2) is 67.6 Å². The smallest absolute Gasteiger partial charge is 0.234 e. The van der Waals surface area contributed by atoms with Crippen molar-refractivity contribution in [2.75, 3.05) is 45.9 Å². The number of fused-ring (bicyclic) bond motifs is 1. The monoisotopic (exact) mass is 443 g/mol. The van der Waals surface area contributed by atoms with E-state index < -0.39 is 0 Å². The molecule has 2 fully saturated rings. The number of hydrogen-bond donors (Lipinski definition) is 1. The first kappa shape index (κ1) is 22.9. The first-order valence-electron chi connectivity index (χ1n) is 12.2. The van der Waals surface area contributed by atoms with Crippen molar-refractivity contribution in [2.45, 2.75) is 52.0 Å². The zero-order chi connectivity index (χ0) is 22.5. The zero-order valence-corrected chi connectivity index (χ0v) is 19.5. The fourth-order valence-electron chi connectivity index (χ4n) is 5.02. The molecule has 0 spiro atoms. The molecule has 2 saturated heterocycles. The van der Waals surface area contributed by atoms with E-state index in [0.717, 1.165) is 68.9 Å². The molecule has 0 aliphatic carbocycles. The normalized spacial score (nSPS) is 20.8. The molecule has 7 nitrogen and oxygen atoms in total. The molecule has 4 rings (SSSR count). The van der Waals surface area contributed by atoms with Crippen LogP contribution in [0.3, 0.4) is 0 Å². The Kier molecular flexibility index (Phi) is 7.55. The van der Waals surface area contributed by atoms with E-state index in [4.69, 9.17) is 9.47 Å². The highest BCUT2D eigenvalue weighted by molar-refractivity contribution is 5.80. The Balaban J connectivity index is 1.28. The van der Waals surface area contributed by atoms with Crippen LogP contribution >= 0.6 is 0 Å². The van der Waals surface area contributed by atoms with Crippen LogP contribution in [0.1, 0.15) is 57.6 Å². The number of ether oxygens (including phenoxy) is 2. The second kappa shape index (κ2) is 10.6. The average Bonchev–Trinajstić information content (AvgIpc) is 2.82. The van der Waals surface area contributed by atoms with Crippen LogP contribution in [0.5, 0.6) is 11.5 Å². The molecule has 3 aliphatic rings. The summed E-state index contributed by atoms with van der Waals surface area (Å²) in [6, 6.07) is 5.83. The number of rotatable bonds is 6. The number of benzene rings is 1. The third kappa shape index (κ3) is 5.55. The minimum Gasteiger partial charge on any atom is -0.486 e. The third-order valence-electron chi connectivity index (χ3n) is 6.88. The largest absolute Gasteiger partial charge is 0.486 e. The Morgan fingerprint density at radius 3 is 2.38 bits per heavy atom. The van der Waals surface area contributed by atoms with Gasteiger partial charge in [0.2, 0.25) is 11.8 Å². The predicted molar refractivity (Wildman–Crippen MR) is 123 cm³/mol. The van der Waals surface area contributed by atoms with Gasteiger partial charge in [0.1, 0.15) is 13.2 Å². The number of hydrogen-bond acceptors (Lipinski definition) is 5. The molecule has 176 valence electrons. The van der Waals surface area contributed by atoms with Gasteiger partial charge in [0.05, 0.1) is 12.6 Å². The van der Waals surface area contributed by atoms with Crippen molar-refractivity contribution < 1.29 is 19.1 Å². The van der Waals surface area contributed by atoms with Gasteiger partial charge in [-0.1, -0.05) is 19.9 Å². The van der Waals surface area contributed by atoms with E-state index in [9.17, 15) is 9.59 Å². The van der Waals surface area contributed by atoms with E-state index in [1.165, 1.54) is 6.42 Å². The quantitative estimate of drug-likeness (QED) is 0.732. The molecular formula is C25H37N3O4. The summed E-state index contributed by atoms with van der Waals surface area (Å²) in [4.78, 5) is 29.9. The minimum absolute atomic E-state index is 0.0272. The Labute approximate surface area is 191 Å². The summed E-state index contributed by atoms with van der Waals surface area (Å²) in [6.45, 7) is 9.14. The van der Waals surface area contributed by atoms with E-state index in [0.29, 0.717) is 25.7 Å². The molecule has 1 N–H and O–H groups in total. The molecule has 3 heterocycles. The minimum atomic E-state index is -0.0865. The summed E-state index contributed by atoms with van der Waals surface area (Å²) in [5.74, 6) is 2.22. The molecule has 0 bridgehead atoms. The third-order valence-corrected chi connectivity index (χ3v) is 6.88. The summed E-state index contributed by atoms with van der Waals surface area (Å²) < 4.78 is 11.3. The molecule has 7 heteroatoms. The van der Waals surface area contributed by atoms with Gasteiger partial charge >= 0.3 is 0 Å². The molecule has 1 aromatic carbocycles. The molecule has 32 heavy (non-hydrogen) atoms. The van der Waals surface area contributed by atoms with Crippen LogP contribution in [0.15, 0.2) is 18.2 Å². The molecule has 1 aromatic rings. The Hall–Kier alpha value is -2.28. The Morgan fingerprint density at radius 2 is 1.69 bits per heavy atom. The second-order valence-corrected chi connectivity index (χ2v) is 9.63. The molecule has 0 radical (unpaired) electrons. The highest BCUT2D eigenvalue weighted by Gasteiger charge is 2.30. The molecular weight excluding hydrogens is 406 g/mol. The topological polar surface area (TPSA) is 71.1 Å². The van der Waals surface area contributed by atoms with E-state index >= 15 is 0 Å². The van der Waals surface area contributed by atoms with Crippen LogP contribution in [0.2, 0.25) is 0 Å². The van der Waals surface area contributed by atoms with Gasteiger partial charge in [0, 0.05) is 19.0 Å². The lowest BCUT2D eigenvalue weighted by Gasteiger charge is -2.35. The molecule has 3 aliphatic heterocycles. The summed E-state index contributed by atoms with van der Waals surface area (Å²) >= 11 is 0. The number of nitrogens with one attached hydrogen (secondary N) is 1. The summed E-state index contributed by atoms with van der Waals surface area (Å²) in [5, 5.41) is 3.22. The molecule has 0 saturated carbocycles. The van der Waals surface area contributed by atoms with Crippen LogP contribution in [0.4, 0.5) is 0 Å². The summed E-state index contributed by atoms with van der Waals surface area (Å²) in [5.41, 5.74) is 1.03.